The first-order valence-corrected chi connectivity index (χ1v) is 3.64. The summed E-state index contributed by atoms with van der Waals surface area (Å²) in [7, 11) is 0. The molecule has 0 aliphatic carbocycles. The van der Waals surface area contributed by atoms with E-state index in [1.165, 1.54) is 0 Å². The summed E-state index contributed by atoms with van der Waals surface area (Å²) in [5.41, 5.74) is 0.829. The van der Waals surface area contributed by atoms with Gasteiger partial charge in [-0.05, 0) is 6.92 Å². The van der Waals surface area contributed by atoms with Crippen LogP contribution in [0.15, 0.2) is 0 Å². The van der Waals surface area contributed by atoms with Crippen molar-refractivity contribution in [1.82, 2.24) is 10.2 Å². The zero-order chi connectivity index (χ0) is 8.65. The van der Waals surface area contributed by atoms with E-state index >= 15 is 0 Å². The van der Waals surface area contributed by atoms with Gasteiger partial charge in [0.25, 0.3) is 0 Å². The van der Waals surface area contributed by atoms with Gasteiger partial charge in [0.15, 0.2) is 5.82 Å². The average molecular weight is 156 g/mol. The van der Waals surface area contributed by atoms with Crippen molar-refractivity contribution in [2.75, 3.05) is 0 Å². The number of aromatic nitrogens is 2. The largest absolute Gasteiger partial charge is 0.279 e. The van der Waals surface area contributed by atoms with E-state index in [-0.39, 0.29) is 11.2 Å². The lowest BCUT2D eigenvalue weighted by atomic mass is 9.92. The molecule has 1 aromatic rings. The lowest BCUT2D eigenvalue weighted by Crippen LogP contribution is -2.13. The first kappa shape index (κ1) is 8.24. The van der Waals surface area contributed by atoms with Crippen LogP contribution in [0.4, 0.5) is 4.39 Å². The Kier molecular flexibility index (Phi) is 1.74. The lowest BCUT2D eigenvalue weighted by molar-refractivity contribution is 0.509. The summed E-state index contributed by atoms with van der Waals surface area (Å²) >= 11 is 0. The van der Waals surface area contributed by atoms with Crippen molar-refractivity contribution in [2.24, 2.45) is 0 Å². The van der Waals surface area contributed by atoms with Gasteiger partial charge < -0.3 is 0 Å². The highest BCUT2D eigenvalue weighted by atomic mass is 19.1. The zero-order valence-electron chi connectivity index (χ0n) is 7.33. The van der Waals surface area contributed by atoms with Crippen molar-refractivity contribution >= 4 is 0 Å². The molecule has 0 aromatic carbocycles. The molecule has 0 atom stereocenters. The first-order valence-electron chi connectivity index (χ1n) is 3.64. The molecule has 2 nitrogen and oxygen atoms in total. The minimum atomic E-state index is -0.211. The highest BCUT2D eigenvalue weighted by Crippen LogP contribution is 2.23. The Hall–Kier alpha value is -0.860. The summed E-state index contributed by atoms with van der Waals surface area (Å²) in [6, 6.07) is 0. The van der Waals surface area contributed by atoms with Crippen LogP contribution in [0.2, 0.25) is 0 Å². The van der Waals surface area contributed by atoms with E-state index < -0.39 is 0 Å². The molecule has 11 heavy (non-hydrogen) atoms. The second kappa shape index (κ2) is 2.32. The van der Waals surface area contributed by atoms with Gasteiger partial charge >= 0.3 is 0 Å². The molecule has 0 saturated heterocycles. The minimum absolute atomic E-state index is 0.189. The zero-order valence-corrected chi connectivity index (χ0v) is 7.33. The number of rotatable bonds is 0. The van der Waals surface area contributed by atoms with E-state index in [9.17, 15) is 4.39 Å². The molecule has 1 N–H and O–H groups in total. The summed E-state index contributed by atoms with van der Waals surface area (Å²) in [6.07, 6.45) is 0. The average Bonchev–Trinajstić information content (AvgIpc) is 2.11. The van der Waals surface area contributed by atoms with E-state index in [0.717, 1.165) is 0 Å². The molecular weight excluding hydrogens is 143 g/mol. The molecule has 62 valence electrons. The van der Waals surface area contributed by atoms with Gasteiger partial charge in [-0.3, -0.25) is 5.10 Å². The summed E-state index contributed by atoms with van der Waals surface area (Å²) in [5.74, 6) is -0.211. The van der Waals surface area contributed by atoms with Gasteiger partial charge in [0.05, 0.1) is 11.4 Å². The van der Waals surface area contributed by atoms with Crippen molar-refractivity contribution in [3.05, 3.63) is 17.2 Å². The molecule has 0 bridgehead atoms. The number of nitrogens with zero attached hydrogens (tertiary/aromatic N) is 1. The number of halogens is 1. The van der Waals surface area contributed by atoms with E-state index in [0.29, 0.717) is 11.4 Å². The monoisotopic (exact) mass is 156 g/mol. The van der Waals surface area contributed by atoms with Gasteiger partial charge in [-0.1, -0.05) is 20.8 Å². The standard InChI is InChI=1S/C8H13FN2/c1-5-6(9)7(11-10-5)8(2,3)4/h1-4H3,(H,10,11). The second-order valence-corrected chi connectivity index (χ2v) is 3.75. The van der Waals surface area contributed by atoms with Gasteiger partial charge in [-0.15, -0.1) is 0 Å². The normalized spacial score (nSPS) is 12.1. The maximum Gasteiger partial charge on any atom is 0.167 e. The lowest BCUT2D eigenvalue weighted by Gasteiger charge is -2.15. The summed E-state index contributed by atoms with van der Waals surface area (Å²) in [4.78, 5) is 0. The van der Waals surface area contributed by atoms with Gasteiger partial charge in [-0.25, -0.2) is 4.39 Å². The van der Waals surface area contributed by atoms with Crippen molar-refractivity contribution < 1.29 is 4.39 Å². The summed E-state index contributed by atoms with van der Waals surface area (Å²) in [5, 5.41) is 6.47. The number of aromatic amines is 1. The van der Waals surface area contributed by atoms with Crippen molar-refractivity contribution in [3.8, 4) is 0 Å². The van der Waals surface area contributed by atoms with Crippen LogP contribution in [-0.4, -0.2) is 10.2 Å². The van der Waals surface area contributed by atoms with Crippen LogP contribution in [0.1, 0.15) is 32.2 Å². The SMILES string of the molecule is Cc1n[nH]c(C(C)(C)C)c1F. The van der Waals surface area contributed by atoms with Crippen LogP contribution in [-0.2, 0) is 5.41 Å². The molecule has 0 saturated carbocycles. The molecular formula is C8H13FN2. The van der Waals surface area contributed by atoms with Gasteiger partial charge in [0.1, 0.15) is 0 Å². The third-order valence-corrected chi connectivity index (χ3v) is 1.62. The molecule has 0 aliphatic heterocycles. The van der Waals surface area contributed by atoms with Crippen molar-refractivity contribution in [3.63, 3.8) is 0 Å². The summed E-state index contributed by atoms with van der Waals surface area (Å²) in [6.45, 7) is 7.50. The molecule has 0 radical (unpaired) electrons. The molecule has 0 spiro atoms. The number of nitrogens with one attached hydrogen (secondary N) is 1. The van der Waals surface area contributed by atoms with Gasteiger partial charge in [-0.2, -0.15) is 5.10 Å². The molecule has 3 heteroatoms. The smallest absolute Gasteiger partial charge is 0.167 e. The Morgan fingerprint density at radius 1 is 1.36 bits per heavy atom. The van der Waals surface area contributed by atoms with Crippen molar-refractivity contribution in [1.29, 1.82) is 0 Å². The maximum atomic E-state index is 13.2. The highest BCUT2D eigenvalue weighted by Gasteiger charge is 2.21. The number of H-pyrrole nitrogens is 1. The minimum Gasteiger partial charge on any atom is -0.279 e. The first-order chi connectivity index (χ1) is 4.93. The second-order valence-electron chi connectivity index (χ2n) is 3.75. The van der Waals surface area contributed by atoms with Crippen LogP contribution in [0.3, 0.4) is 0 Å². The van der Waals surface area contributed by atoms with E-state index in [1.54, 1.807) is 6.92 Å². The fourth-order valence-corrected chi connectivity index (χ4v) is 0.916. The van der Waals surface area contributed by atoms with Gasteiger partial charge in [0.2, 0.25) is 0 Å². The van der Waals surface area contributed by atoms with Crippen LogP contribution in [0, 0.1) is 12.7 Å². The molecule has 0 aliphatic rings. The number of hydrogen-bond donors (Lipinski definition) is 1. The Morgan fingerprint density at radius 3 is 2.09 bits per heavy atom. The Morgan fingerprint density at radius 2 is 1.91 bits per heavy atom. The molecule has 0 fully saturated rings. The predicted octanol–water partition coefficient (Wildman–Crippen LogP) is 2.15. The Balaban J connectivity index is 3.15. The van der Waals surface area contributed by atoms with E-state index in [4.69, 9.17) is 0 Å². The Bertz CT molecular complexity index is 258. The molecule has 1 heterocycles. The van der Waals surface area contributed by atoms with Gasteiger partial charge in [0, 0.05) is 5.41 Å². The molecule has 1 aromatic heterocycles. The van der Waals surface area contributed by atoms with E-state index in [1.807, 2.05) is 20.8 Å². The number of hydrogen-bond acceptors (Lipinski definition) is 1. The molecule has 0 amide bonds. The molecule has 0 unspecified atom stereocenters. The topological polar surface area (TPSA) is 28.7 Å². The van der Waals surface area contributed by atoms with Crippen molar-refractivity contribution in [2.45, 2.75) is 33.1 Å². The van der Waals surface area contributed by atoms with Crippen LogP contribution < -0.4 is 0 Å². The third kappa shape index (κ3) is 1.42. The molecule has 1 rings (SSSR count). The summed E-state index contributed by atoms with van der Waals surface area (Å²) < 4.78 is 13.2. The maximum absolute atomic E-state index is 13.2. The Labute approximate surface area is 65.8 Å². The fourth-order valence-electron chi connectivity index (χ4n) is 0.916. The highest BCUT2D eigenvalue weighted by molar-refractivity contribution is 5.17. The quantitative estimate of drug-likeness (QED) is 0.612. The number of aryl methyl sites for hydroxylation is 1. The third-order valence-electron chi connectivity index (χ3n) is 1.62. The van der Waals surface area contributed by atoms with Crippen LogP contribution in [0.5, 0.6) is 0 Å². The van der Waals surface area contributed by atoms with Crippen LogP contribution >= 0.6 is 0 Å². The fraction of sp³-hybridized carbons (Fsp3) is 0.625. The van der Waals surface area contributed by atoms with E-state index in [2.05, 4.69) is 10.2 Å². The van der Waals surface area contributed by atoms with Crippen LogP contribution in [0.25, 0.3) is 0 Å². The predicted molar refractivity (Wildman–Crippen MR) is 42.0 cm³/mol.